The van der Waals surface area contributed by atoms with Crippen molar-refractivity contribution in [3.63, 3.8) is 0 Å². The molecule has 2 aliphatic heterocycles. The van der Waals surface area contributed by atoms with Gasteiger partial charge in [0.15, 0.2) is 23.0 Å². The van der Waals surface area contributed by atoms with E-state index in [2.05, 4.69) is 40.1 Å². The molecule has 4 aromatic rings. The normalized spacial score (nSPS) is 26.9. The molecule has 0 aromatic carbocycles. The number of aromatic amines is 1. The van der Waals surface area contributed by atoms with Gasteiger partial charge in [-0.25, -0.2) is 26.5 Å². The van der Waals surface area contributed by atoms with E-state index in [0.717, 1.165) is 0 Å². The minimum atomic E-state index is -3.97. The Kier molecular flexibility index (Phi) is 10.4. The molecule has 4 aromatic heterocycles. The van der Waals surface area contributed by atoms with E-state index < -0.39 is 37.4 Å². The minimum Gasteiger partial charge on any atom is -0.349 e. The van der Waals surface area contributed by atoms with E-state index in [1.165, 1.54) is 23.4 Å². The van der Waals surface area contributed by atoms with Gasteiger partial charge in [0.1, 0.15) is 37.0 Å². The van der Waals surface area contributed by atoms with Crippen molar-refractivity contribution < 1.29 is 37.0 Å². The first-order chi connectivity index (χ1) is 22.9. The van der Waals surface area contributed by atoms with Gasteiger partial charge in [-0.2, -0.15) is 4.98 Å². The number of anilines is 1. The number of ether oxygens (including phenoxy) is 1. The van der Waals surface area contributed by atoms with Crippen LogP contribution < -0.4 is 10.9 Å². The quantitative estimate of drug-likeness (QED) is 0.147. The van der Waals surface area contributed by atoms with E-state index in [-0.39, 0.29) is 74.9 Å². The molecule has 1 saturated heterocycles. The van der Waals surface area contributed by atoms with Crippen molar-refractivity contribution in [1.29, 1.82) is 0 Å². The van der Waals surface area contributed by atoms with Gasteiger partial charge in [-0.15, -0.1) is 0 Å². The number of nitrogens with one attached hydrogen (secondary N) is 2. The molecule has 0 saturated carbocycles. The number of imidazole rings is 2. The van der Waals surface area contributed by atoms with Crippen LogP contribution in [-0.2, 0) is 68.9 Å². The highest BCUT2D eigenvalue weighted by atomic mass is 32.5. The molecule has 3 N–H and O–H groups in total. The smallest absolute Gasteiger partial charge is 0.327 e. The maximum absolute atomic E-state index is 12.9. The van der Waals surface area contributed by atoms with Gasteiger partial charge in [0.05, 0.1) is 31.8 Å². The van der Waals surface area contributed by atoms with Crippen LogP contribution in [0.3, 0.4) is 0 Å². The fourth-order valence-electron chi connectivity index (χ4n) is 4.93. The number of carbonyl (C=O) groups excluding carboxylic acids is 1. The van der Waals surface area contributed by atoms with Gasteiger partial charge in [-0.05, 0) is 23.6 Å². The van der Waals surface area contributed by atoms with Crippen molar-refractivity contribution in [1.82, 2.24) is 39.0 Å². The molecular weight excluding hydrogens is 710 g/mol. The second-order valence-electron chi connectivity index (χ2n) is 10.9. The third kappa shape index (κ3) is 7.69. The van der Waals surface area contributed by atoms with Gasteiger partial charge in [0.2, 0.25) is 18.4 Å². The highest BCUT2D eigenvalue weighted by Crippen LogP contribution is 2.53. The van der Waals surface area contributed by atoms with Crippen LogP contribution in [0.5, 0.6) is 0 Å². The number of fused-ring (bicyclic) bond motifs is 6. The van der Waals surface area contributed by atoms with Gasteiger partial charge in [-0.1, -0.05) is 13.8 Å². The summed E-state index contributed by atoms with van der Waals surface area (Å²) in [4.78, 5) is 63.7. The molecule has 1 fully saturated rings. The van der Waals surface area contributed by atoms with Crippen LogP contribution in [0.1, 0.15) is 32.3 Å². The maximum atomic E-state index is 12.9. The van der Waals surface area contributed by atoms with Gasteiger partial charge >= 0.3 is 13.4 Å². The zero-order chi connectivity index (χ0) is 34.1. The van der Waals surface area contributed by atoms with E-state index in [4.69, 9.17) is 57.5 Å². The lowest BCUT2D eigenvalue weighted by Gasteiger charge is -2.25. The summed E-state index contributed by atoms with van der Waals surface area (Å²) in [5.41, 5.74) is 0.405. The van der Waals surface area contributed by atoms with Crippen LogP contribution in [0.2, 0.25) is 0 Å². The van der Waals surface area contributed by atoms with Crippen LogP contribution in [0.4, 0.5) is 5.95 Å². The molecule has 19 nitrogen and oxygen atoms in total. The zero-order valence-electron chi connectivity index (χ0n) is 25.5. The summed E-state index contributed by atoms with van der Waals surface area (Å²) in [6.45, 7) is 3.03. The van der Waals surface area contributed by atoms with E-state index in [1.54, 1.807) is 18.4 Å². The topological polar surface area (TPSA) is 216 Å². The fourth-order valence-corrected chi connectivity index (χ4v) is 8.11. The number of nitrogens with zero attached hydrogens (tertiary/aromatic N) is 8. The standard InChI is InChI=1S/C25H30N10O9P2S2/c1-14(2)22(36)32-25-31-21-19(23(37)33-25)29-13-35(21)24-17-8-15(43-24)10-42-46(48,39-6-4-26-3)40-7-5-34-18(11-41-45(38,47)44-17)30-16-9-27-12-28-20(16)34/h9,12-15,17,24H,4-8,10-11H2,1-2H3,(H,38,47)(H2,31,32,33,36,37)/t15-,17+,24+,45?,46?/m0/s1. The van der Waals surface area contributed by atoms with Crippen LogP contribution in [-0.4, -0.2) is 88.4 Å². The zero-order valence-corrected chi connectivity index (χ0v) is 28.9. The molecule has 6 rings (SSSR count). The Hall–Kier alpha value is -3.12. The Bertz CT molecular complexity index is 2030. The number of amides is 1. The summed E-state index contributed by atoms with van der Waals surface area (Å²) in [6.07, 6.45) is 1.65. The van der Waals surface area contributed by atoms with Crippen molar-refractivity contribution in [3.8, 4) is 0 Å². The molecule has 0 spiro atoms. The van der Waals surface area contributed by atoms with E-state index in [0.29, 0.717) is 17.0 Å². The third-order valence-corrected chi connectivity index (χ3v) is 11.1. The molecule has 256 valence electrons. The number of rotatable bonds is 6. The summed E-state index contributed by atoms with van der Waals surface area (Å²) in [5.74, 6) is -0.464. The fraction of sp³-hybridized carbons (Fsp3) is 0.520. The van der Waals surface area contributed by atoms with Crippen LogP contribution in [0.25, 0.3) is 27.2 Å². The molecule has 2 bridgehead atoms. The first-order valence-electron chi connectivity index (χ1n) is 14.6. The van der Waals surface area contributed by atoms with Crippen molar-refractivity contribution in [2.45, 2.75) is 51.9 Å². The Morgan fingerprint density at radius 2 is 2.10 bits per heavy atom. The molecular formula is C25H30N10O9P2S2. The highest BCUT2D eigenvalue weighted by molar-refractivity contribution is 8.07. The average Bonchev–Trinajstić information content (AvgIpc) is 3.74. The molecule has 23 heteroatoms. The minimum absolute atomic E-state index is 0.00856. The lowest BCUT2D eigenvalue weighted by molar-refractivity contribution is -0.118. The molecule has 2 unspecified atom stereocenters. The summed E-state index contributed by atoms with van der Waals surface area (Å²) in [6, 6.07) is 0. The van der Waals surface area contributed by atoms with E-state index >= 15 is 0 Å². The summed E-state index contributed by atoms with van der Waals surface area (Å²) < 4.78 is 39.1. The van der Waals surface area contributed by atoms with E-state index in [1.807, 2.05) is 0 Å². The summed E-state index contributed by atoms with van der Waals surface area (Å²) >= 11 is 11.1. The van der Waals surface area contributed by atoms with Crippen LogP contribution >= 0.6 is 13.4 Å². The van der Waals surface area contributed by atoms with Crippen LogP contribution in [0.15, 0.2) is 23.6 Å². The Morgan fingerprint density at radius 1 is 1.27 bits per heavy atom. The Balaban J connectivity index is 1.35. The molecule has 6 heterocycles. The van der Waals surface area contributed by atoms with Crippen LogP contribution in [0, 0.1) is 12.5 Å². The largest absolute Gasteiger partial charge is 0.349 e. The number of aromatic nitrogens is 8. The summed E-state index contributed by atoms with van der Waals surface area (Å²) in [7, 11) is 0. The number of H-pyrrole nitrogens is 1. The third-order valence-electron chi connectivity index (χ3n) is 7.17. The number of hydrogen-bond acceptors (Lipinski definition) is 15. The predicted octanol–water partition coefficient (Wildman–Crippen LogP) is 2.17. The maximum Gasteiger partial charge on any atom is 0.327 e. The number of hydrogen-bond donors (Lipinski definition) is 3. The van der Waals surface area contributed by atoms with Gasteiger partial charge in [0, 0.05) is 18.9 Å². The summed E-state index contributed by atoms with van der Waals surface area (Å²) in [5, 5.41) is 2.58. The second-order valence-corrected chi connectivity index (χ2v) is 16.7. The van der Waals surface area contributed by atoms with Crippen molar-refractivity contribution in [3.05, 3.63) is 46.4 Å². The SMILES string of the molecule is [C-]#[N+]CCOP1(=S)OCCn2c(nc3cncnc32)COP(O)(=S)O[C@@H]2C[C@@H](CO1)O[C@H]2n1cnc2c(=O)[nH]c(NC(=O)C(C)C)nc21. The predicted molar refractivity (Wildman–Crippen MR) is 175 cm³/mol. The highest BCUT2D eigenvalue weighted by Gasteiger charge is 2.42. The molecule has 48 heavy (non-hydrogen) atoms. The molecule has 1 amide bonds. The monoisotopic (exact) mass is 740 g/mol. The second kappa shape index (κ2) is 14.4. The molecule has 0 radical (unpaired) electrons. The first kappa shape index (κ1) is 34.7. The van der Waals surface area contributed by atoms with Gasteiger partial charge in [0.25, 0.3) is 5.56 Å². The average molecular weight is 741 g/mol. The lowest BCUT2D eigenvalue weighted by Crippen LogP contribution is -2.24. The molecule has 0 aliphatic carbocycles. The van der Waals surface area contributed by atoms with Crippen molar-refractivity contribution in [2.24, 2.45) is 5.92 Å². The molecule has 5 atom stereocenters. The first-order valence-corrected chi connectivity index (χ1v) is 19.7. The molecule has 2 aliphatic rings. The Morgan fingerprint density at radius 3 is 2.90 bits per heavy atom. The van der Waals surface area contributed by atoms with E-state index in [9.17, 15) is 14.5 Å². The van der Waals surface area contributed by atoms with Gasteiger partial charge in [-0.3, -0.25) is 24.5 Å². The van der Waals surface area contributed by atoms with Crippen molar-refractivity contribution in [2.75, 3.05) is 31.7 Å². The number of carbonyl (C=O) groups is 1. The van der Waals surface area contributed by atoms with Gasteiger partial charge < -0.3 is 41.7 Å². The lowest BCUT2D eigenvalue weighted by atomic mass is 10.2. The Labute approximate surface area is 282 Å². The van der Waals surface area contributed by atoms with Crippen molar-refractivity contribution >= 4 is 71.2 Å².